The number of benzene rings is 3. The number of amides is 1. The van der Waals surface area contributed by atoms with Crippen molar-refractivity contribution in [2.75, 3.05) is 11.9 Å². The topological polar surface area (TPSA) is 105 Å². The van der Waals surface area contributed by atoms with Gasteiger partial charge in [-0.1, -0.05) is 33.6 Å². The molecule has 3 aromatic rings. The van der Waals surface area contributed by atoms with E-state index in [1.165, 1.54) is 30.3 Å². The lowest BCUT2D eigenvalue weighted by atomic mass is 10.1. The van der Waals surface area contributed by atoms with Crippen LogP contribution in [0, 0.1) is 18.3 Å². The van der Waals surface area contributed by atoms with Crippen LogP contribution in [0.15, 0.2) is 80.1 Å². The summed E-state index contributed by atoms with van der Waals surface area (Å²) in [6.07, 6.45) is 1.37. The quantitative estimate of drug-likeness (QED) is 0.182. The number of nitrogens with zero attached hydrogens (tertiary/aromatic N) is 1. The molecule has 0 bridgehead atoms. The molecule has 180 valence electrons. The summed E-state index contributed by atoms with van der Waals surface area (Å²) in [6, 6.07) is 18.1. The maximum absolute atomic E-state index is 12.8. The first-order valence-electron chi connectivity index (χ1n) is 10.3. The fraction of sp³-hybridized carbons (Fsp3) is 0.120. The third-order valence-electron chi connectivity index (χ3n) is 4.61. The highest BCUT2D eigenvalue weighted by Crippen LogP contribution is 2.39. The Morgan fingerprint density at radius 2 is 1.74 bits per heavy atom. The van der Waals surface area contributed by atoms with E-state index in [9.17, 15) is 18.5 Å². The van der Waals surface area contributed by atoms with Crippen LogP contribution < -0.4 is 14.2 Å². The summed E-state index contributed by atoms with van der Waals surface area (Å²) in [5.74, 6) is -0.497. The second-order valence-electron chi connectivity index (χ2n) is 7.24. The van der Waals surface area contributed by atoms with Crippen LogP contribution in [0.4, 0.5) is 5.69 Å². The summed E-state index contributed by atoms with van der Waals surface area (Å²) >= 11 is 6.65. The molecule has 0 atom stereocenters. The summed E-state index contributed by atoms with van der Waals surface area (Å²) in [5, 5.41) is 12.2. The predicted octanol–water partition coefficient (Wildman–Crippen LogP) is 6.23. The Labute approximate surface area is 220 Å². The Bertz CT molecular complexity index is 1410. The number of ether oxygens (including phenoxy) is 1. The molecule has 1 N–H and O–H groups in total. The number of carbonyl (C=O) groups is 1. The van der Waals surface area contributed by atoms with E-state index in [1.807, 2.05) is 13.0 Å². The van der Waals surface area contributed by atoms with Crippen LogP contribution in [0.3, 0.4) is 0 Å². The number of nitriles is 1. The minimum atomic E-state index is -4.13. The summed E-state index contributed by atoms with van der Waals surface area (Å²) in [6.45, 7) is 3.82. The van der Waals surface area contributed by atoms with Gasteiger partial charge in [0, 0.05) is 10.2 Å². The zero-order valence-electron chi connectivity index (χ0n) is 18.7. The van der Waals surface area contributed by atoms with Crippen molar-refractivity contribution in [3.05, 3.63) is 86.3 Å². The van der Waals surface area contributed by atoms with Gasteiger partial charge in [-0.15, -0.1) is 0 Å². The maximum Gasteiger partial charge on any atom is 0.339 e. The second kappa shape index (κ2) is 11.5. The first-order chi connectivity index (χ1) is 16.6. The molecule has 0 fully saturated rings. The molecule has 10 heteroatoms. The fourth-order valence-corrected chi connectivity index (χ4v) is 4.79. The van der Waals surface area contributed by atoms with E-state index in [-0.39, 0.29) is 33.0 Å². The fourth-order valence-electron chi connectivity index (χ4n) is 2.92. The molecule has 1 amide bonds. The van der Waals surface area contributed by atoms with Gasteiger partial charge in [-0.3, -0.25) is 4.79 Å². The molecule has 0 unspecified atom stereocenters. The van der Waals surface area contributed by atoms with E-state index in [2.05, 4.69) is 37.2 Å². The molecule has 0 spiro atoms. The first-order valence-corrected chi connectivity index (χ1v) is 13.3. The average molecular weight is 620 g/mol. The number of hydrogen-bond acceptors (Lipinski definition) is 6. The molecule has 0 heterocycles. The highest BCUT2D eigenvalue weighted by atomic mass is 79.9. The van der Waals surface area contributed by atoms with E-state index in [0.717, 1.165) is 10.0 Å². The molecule has 0 aromatic heterocycles. The van der Waals surface area contributed by atoms with Gasteiger partial charge < -0.3 is 14.2 Å². The zero-order chi connectivity index (χ0) is 25.6. The Morgan fingerprint density at radius 1 is 1.09 bits per heavy atom. The number of halogens is 2. The van der Waals surface area contributed by atoms with Crippen molar-refractivity contribution >= 4 is 59.6 Å². The van der Waals surface area contributed by atoms with Gasteiger partial charge in [0.15, 0.2) is 11.5 Å². The molecule has 0 saturated heterocycles. The standard InChI is InChI=1S/C25H20Br2N2O5S/c1-3-33-23-14-17(12-18(15-28)25(30)29-20-8-6-19(26)7-9-20)13-22(27)24(23)34-35(31,32)21-10-4-16(2)5-11-21/h4-14H,3H2,1-2H3,(H,29,30)/b18-12-. The van der Waals surface area contributed by atoms with Crippen LogP contribution in [0.25, 0.3) is 6.08 Å². The molecule has 35 heavy (non-hydrogen) atoms. The molecule has 3 rings (SSSR count). The summed E-state index contributed by atoms with van der Waals surface area (Å²) < 4.78 is 37.7. The van der Waals surface area contributed by atoms with Crippen molar-refractivity contribution < 1.29 is 22.1 Å². The van der Waals surface area contributed by atoms with Gasteiger partial charge in [0.1, 0.15) is 16.5 Å². The largest absolute Gasteiger partial charge is 0.490 e. The van der Waals surface area contributed by atoms with E-state index in [1.54, 1.807) is 43.3 Å². The van der Waals surface area contributed by atoms with Crippen molar-refractivity contribution in [1.29, 1.82) is 5.26 Å². The molecule has 0 saturated carbocycles. The monoisotopic (exact) mass is 618 g/mol. The van der Waals surface area contributed by atoms with Crippen LogP contribution in [0.2, 0.25) is 0 Å². The molecule has 0 radical (unpaired) electrons. The van der Waals surface area contributed by atoms with Gasteiger partial charge in [0.25, 0.3) is 5.91 Å². The molecule has 3 aromatic carbocycles. The maximum atomic E-state index is 12.8. The van der Waals surface area contributed by atoms with Crippen molar-refractivity contribution in [1.82, 2.24) is 0 Å². The number of aryl methyl sites for hydroxylation is 1. The summed E-state index contributed by atoms with van der Waals surface area (Å²) in [7, 11) is -4.13. The van der Waals surface area contributed by atoms with Crippen LogP contribution in [-0.4, -0.2) is 20.9 Å². The van der Waals surface area contributed by atoms with E-state index in [4.69, 9.17) is 8.92 Å². The SMILES string of the molecule is CCOc1cc(/C=C(/C#N)C(=O)Nc2ccc(Br)cc2)cc(Br)c1OS(=O)(=O)c1ccc(C)cc1. The van der Waals surface area contributed by atoms with Crippen LogP contribution in [0.1, 0.15) is 18.1 Å². The Kier molecular flexibility index (Phi) is 8.72. The molecule has 0 aliphatic carbocycles. The van der Waals surface area contributed by atoms with Gasteiger partial charge in [-0.2, -0.15) is 13.7 Å². The van der Waals surface area contributed by atoms with Gasteiger partial charge in [-0.25, -0.2) is 0 Å². The number of anilines is 1. The van der Waals surface area contributed by atoms with Crippen molar-refractivity contribution in [3.8, 4) is 17.6 Å². The molecular formula is C25H20Br2N2O5S. The Balaban J connectivity index is 1.93. The average Bonchev–Trinajstić information content (AvgIpc) is 2.81. The van der Waals surface area contributed by atoms with Crippen LogP contribution in [0.5, 0.6) is 11.5 Å². The van der Waals surface area contributed by atoms with Crippen LogP contribution in [-0.2, 0) is 14.9 Å². The predicted molar refractivity (Wildman–Crippen MR) is 141 cm³/mol. The van der Waals surface area contributed by atoms with Crippen LogP contribution >= 0.6 is 31.9 Å². The highest BCUT2D eigenvalue weighted by molar-refractivity contribution is 9.10. The molecule has 7 nitrogen and oxygen atoms in total. The van der Waals surface area contributed by atoms with Gasteiger partial charge in [-0.05, 0) is 89.9 Å². The number of carbonyl (C=O) groups excluding carboxylic acids is 1. The van der Waals surface area contributed by atoms with Gasteiger partial charge >= 0.3 is 10.1 Å². The third kappa shape index (κ3) is 6.94. The van der Waals surface area contributed by atoms with E-state index in [0.29, 0.717) is 11.3 Å². The van der Waals surface area contributed by atoms with E-state index < -0.39 is 16.0 Å². The Morgan fingerprint density at radius 3 is 2.34 bits per heavy atom. The van der Waals surface area contributed by atoms with Gasteiger partial charge in [0.2, 0.25) is 0 Å². The minimum absolute atomic E-state index is 0.00204. The van der Waals surface area contributed by atoms with Crippen molar-refractivity contribution in [3.63, 3.8) is 0 Å². The second-order valence-corrected chi connectivity index (χ2v) is 10.6. The molecule has 0 aliphatic rings. The van der Waals surface area contributed by atoms with Gasteiger partial charge in [0.05, 0.1) is 11.1 Å². The van der Waals surface area contributed by atoms with E-state index >= 15 is 0 Å². The number of rotatable bonds is 8. The summed E-state index contributed by atoms with van der Waals surface area (Å²) in [5.41, 5.74) is 1.72. The number of nitrogens with one attached hydrogen (secondary N) is 1. The number of hydrogen-bond donors (Lipinski definition) is 1. The smallest absolute Gasteiger partial charge is 0.339 e. The minimum Gasteiger partial charge on any atom is -0.490 e. The summed E-state index contributed by atoms with van der Waals surface area (Å²) in [4.78, 5) is 12.6. The third-order valence-corrected chi connectivity index (χ3v) is 6.97. The normalized spacial score (nSPS) is 11.5. The lowest BCUT2D eigenvalue weighted by molar-refractivity contribution is -0.112. The first kappa shape index (κ1) is 26.5. The Hall–Kier alpha value is -3.13. The highest BCUT2D eigenvalue weighted by Gasteiger charge is 2.22. The molecular weight excluding hydrogens is 600 g/mol. The van der Waals surface area contributed by atoms with Crippen molar-refractivity contribution in [2.24, 2.45) is 0 Å². The van der Waals surface area contributed by atoms with Crippen molar-refractivity contribution in [2.45, 2.75) is 18.7 Å². The lowest BCUT2D eigenvalue weighted by Crippen LogP contribution is -2.13. The zero-order valence-corrected chi connectivity index (χ0v) is 22.7. The lowest BCUT2D eigenvalue weighted by Gasteiger charge is -2.15. The molecule has 0 aliphatic heterocycles.